The van der Waals surface area contributed by atoms with Crippen LogP contribution in [-0.4, -0.2) is 17.3 Å². The van der Waals surface area contributed by atoms with Crippen molar-refractivity contribution in [3.63, 3.8) is 0 Å². The molecule has 3 heteroatoms. The molecule has 1 aromatic rings. The van der Waals surface area contributed by atoms with Gasteiger partial charge in [-0.05, 0) is 50.3 Å². The Morgan fingerprint density at radius 2 is 1.76 bits per heavy atom. The van der Waals surface area contributed by atoms with Crippen LogP contribution in [0, 0.1) is 0 Å². The van der Waals surface area contributed by atoms with E-state index in [1.54, 1.807) is 0 Å². The Balaban J connectivity index is 1.88. The molecule has 2 N–H and O–H groups in total. The molecular formula is C14H20ClNO. The van der Waals surface area contributed by atoms with Gasteiger partial charge in [0.25, 0.3) is 0 Å². The van der Waals surface area contributed by atoms with Crippen molar-refractivity contribution in [1.82, 2.24) is 5.32 Å². The molecule has 0 aliphatic heterocycles. The van der Waals surface area contributed by atoms with Crippen molar-refractivity contribution in [1.29, 1.82) is 0 Å². The maximum Gasteiger partial charge on any atom is 0.0541 e. The highest BCUT2D eigenvalue weighted by Crippen LogP contribution is 2.22. The van der Waals surface area contributed by atoms with Crippen molar-refractivity contribution < 1.29 is 5.11 Å². The van der Waals surface area contributed by atoms with Crippen LogP contribution in [0.4, 0.5) is 0 Å². The zero-order valence-corrected chi connectivity index (χ0v) is 11.0. The molecule has 0 bridgehead atoms. The lowest BCUT2D eigenvalue weighted by molar-refractivity contribution is 0.114. The Morgan fingerprint density at radius 1 is 1.18 bits per heavy atom. The molecule has 1 aromatic carbocycles. The molecule has 1 aliphatic carbocycles. The Hall–Kier alpha value is -0.570. The summed E-state index contributed by atoms with van der Waals surface area (Å²) >= 11 is 5.88. The number of nitrogens with one attached hydrogen (secondary N) is 1. The van der Waals surface area contributed by atoms with Crippen molar-refractivity contribution in [3.8, 4) is 0 Å². The fourth-order valence-corrected chi connectivity index (χ4v) is 2.57. The van der Waals surface area contributed by atoms with E-state index in [2.05, 4.69) is 24.4 Å². The van der Waals surface area contributed by atoms with Gasteiger partial charge in [-0.15, -0.1) is 0 Å². The predicted octanol–water partition coefficient (Wildman–Crippen LogP) is 3.29. The molecule has 2 rings (SSSR count). The van der Waals surface area contributed by atoms with E-state index < -0.39 is 0 Å². The van der Waals surface area contributed by atoms with Crippen molar-refractivity contribution in [2.24, 2.45) is 0 Å². The van der Waals surface area contributed by atoms with E-state index >= 15 is 0 Å². The molecule has 0 aromatic heterocycles. The summed E-state index contributed by atoms with van der Waals surface area (Å²) < 4.78 is 0. The van der Waals surface area contributed by atoms with Crippen molar-refractivity contribution in [3.05, 3.63) is 34.9 Å². The minimum Gasteiger partial charge on any atom is -0.393 e. The summed E-state index contributed by atoms with van der Waals surface area (Å²) in [4.78, 5) is 0. The molecule has 1 saturated carbocycles. The van der Waals surface area contributed by atoms with Crippen molar-refractivity contribution in [2.75, 3.05) is 0 Å². The lowest BCUT2D eigenvalue weighted by Crippen LogP contribution is -2.36. The van der Waals surface area contributed by atoms with E-state index in [-0.39, 0.29) is 6.10 Å². The van der Waals surface area contributed by atoms with Gasteiger partial charge in [-0.2, -0.15) is 0 Å². The van der Waals surface area contributed by atoms with Crippen LogP contribution in [0.1, 0.15) is 44.2 Å². The molecule has 1 atom stereocenters. The van der Waals surface area contributed by atoms with Crippen LogP contribution in [0.2, 0.25) is 5.02 Å². The first-order valence-electron chi connectivity index (χ1n) is 6.34. The molecule has 0 amide bonds. The highest BCUT2D eigenvalue weighted by Gasteiger charge is 2.20. The average molecular weight is 254 g/mol. The Kier molecular flexibility index (Phi) is 4.43. The number of benzene rings is 1. The van der Waals surface area contributed by atoms with E-state index in [9.17, 15) is 5.11 Å². The average Bonchev–Trinajstić information content (AvgIpc) is 2.33. The third kappa shape index (κ3) is 3.70. The predicted molar refractivity (Wildman–Crippen MR) is 71.3 cm³/mol. The molecule has 0 saturated heterocycles. The quantitative estimate of drug-likeness (QED) is 0.867. The second-order valence-corrected chi connectivity index (χ2v) is 5.38. The molecule has 1 unspecified atom stereocenters. The first-order valence-corrected chi connectivity index (χ1v) is 6.72. The van der Waals surface area contributed by atoms with Gasteiger partial charge in [-0.1, -0.05) is 23.7 Å². The van der Waals surface area contributed by atoms with Gasteiger partial charge >= 0.3 is 0 Å². The standard InChI is InChI=1S/C14H20ClNO/c1-10(11-2-4-12(15)5-3-11)16-13-6-8-14(17)9-7-13/h2-5,10,13-14,16-17H,6-9H2,1H3. The topological polar surface area (TPSA) is 32.3 Å². The van der Waals surface area contributed by atoms with E-state index in [4.69, 9.17) is 11.6 Å². The zero-order valence-electron chi connectivity index (χ0n) is 10.2. The third-order valence-electron chi connectivity index (χ3n) is 3.55. The van der Waals surface area contributed by atoms with Gasteiger partial charge in [0.2, 0.25) is 0 Å². The van der Waals surface area contributed by atoms with Crippen LogP contribution >= 0.6 is 11.6 Å². The molecule has 1 aliphatic rings. The lowest BCUT2D eigenvalue weighted by Gasteiger charge is -2.29. The van der Waals surface area contributed by atoms with E-state index in [1.165, 1.54) is 5.56 Å². The largest absolute Gasteiger partial charge is 0.393 e. The second kappa shape index (κ2) is 5.85. The van der Waals surface area contributed by atoms with Crippen LogP contribution < -0.4 is 5.32 Å². The zero-order chi connectivity index (χ0) is 12.3. The van der Waals surface area contributed by atoms with Crippen LogP contribution in [0.25, 0.3) is 0 Å². The molecule has 2 nitrogen and oxygen atoms in total. The van der Waals surface area contributed by atoms with Crippen LogP contribution in [0.3, 0.4) is 0 Å². The molecule has 94 valence electrons. The maximum absolute atomic E-state index is 9.47. The van der Waals surface area contributed by atoms with Gasteiger partial charge in [0.1, 0.15) is 0 Å². The van der Waals surface area contributed by atoms with Crippen LogP contribution in [-0.2, 0) is 0 Å². The Bertz CT molecular complexity index is 344. The molecule has 17 heavy (non-hydrogen) atoms. The van der Waals surface area contributed by atoms with E-state index in [1.807, 2.05) is 12.1 Å². The fourth-order valence-electron chi connectivity index (χ4n) is 2.44. The highest BCUT2D eigenvalue weighted by molar-refractivity contribution is 6.30. The second-order valence-electron chi connectivity index (χ2n) is 4.95. The molecular weight excluding hydrogens is 234 g/mol. The summed E-state index contributed by atoms with van der Waals surface area (Å²) in [6.45, 7) is 2.17. The summed E-state index contributed by atoms with van der Waals surface area (Å²) in [5.74, 6) is 0. The lowest BCUT2D eigenvalue weighted by atomic mass is 9.92. The summed E-state index contributed by atoms with van der Waals surface area (Å²) in [5, 5.41) is 13.9. The van der Waals surface area contributed by atoms with E-state index in [0.717, 1.165) is 30.7 Å². The van der Waals surface area contributed by atoms with Gasteiger partial charge in [0.05, 0.1) is 6.10 Å². The Morgan fingerprint density at radius 3 is 2.35 bits per heavy atom. The number of aliphatic hydroxyl groups is 1. The first kappa shape index (κ1) is 12.9. The summed E-state index contributed by atoms with van der Waals surface area (Å²) in [5.41, 5.74) is 1.26. The third-order valence-corrected chi connectivity index (χ3v) is 3.80. The van der Waals surface area contributed by atoms with Gasteiger partial charge in [-0.3, -0.25) is 0 Å². The first-order chi connectivity index (χ1) is 8.15. The number of rotatable bonds is 3. The molecule has 0 spiro atoms. The van der Waals surface area contributed by atoms with Gasteiger partial charge < -0.3 is 10.4 Å². The summed E-state index contributed by atoms with van der Waals surface area (Å²) in [6.07, 6.45) is 3.90. The summed E-state index contributed by atoms with van der Waals surface area (Å²) in [6, 6.07) is 8.87. The monoisotopic (exact) mass is 253 g/mol. The van der Waals surface area contributed by atoms with E-state index in [0.29, 0.717) is 12.1 Å². The highest BCUT2D eigenvalue weighted by atomic mass is 35.5. The number of hydrogen-bond acceptors (Lipinski definition) is 2. The minimum atomic E-state index is -0.0844. The molecule has 0 radical (unpaired) electrons. The number of hydrogen-bond donors (Lipinski definition) is 2. The summed E-state index contributed by atoms with van der Waals surface area (Å²) in [7, 11) is 0. The Labute approximate surface area is 108 Å². The van der Waals surface area contributed by atoms with Crippen molar-refractivity contribution >= 4 is 11.6 Å². The van der Waals surface area contributed by atoms with Crippen LogP contribution in [0.15, 0.2) is 24.3 Å². The van der Waals surface area contributed by atoms with Crippen LogP contribution in [0.5, 0.6) is 0 Å². The van der Waals surface area contributed by atoms with Gasteiger partial charge in [0, 0.05) is 17.1 Å². The smallest absolute Gasteiger partial charge is 0.0541 e. The number of aliphatic hydroxyl groups excluding tert-OH is 1. The van der Waals surface area contributed by atoms with Gasteiger partial charge in [0.15, 0.2) is 0 Å². The van der Waals surface area contributed by atoms with Gasteiger partial charge in [-0.25, -0.2) is 0 Å². The van der Waals surface area contributed by atoms with Crippen molar-refractivity contribution in [2.45, 2.75) is 50.8 Å². The molecule has 1 fully saturated rings. The SMILES string of the molecule is CC(NC1CCC(O)CC1)c1ccc(Cl)cc1. The fraction of sp³-hybridized carbons (Fsp3) is 0.571. The number of halogens is 1. The maximum atomic E-state index is 9.47. The molecule has 0 heterocycles. The minimum absolute atomic E-state index is 0.0844. The normalized spacial score (nSPS) is 26.8.